The average Bonchev–Trinajstić information content (AvgIpc) is 2.03. The molecule has 1 aliphatic rings. The van der Waals surface area contributed by atoms with Crippen LogP contribution in [-0.2, 0) is 0 Å². The van der Waals surface area contributed by atoms with Crippen molar-refractivity contribution in [1.82, 2.24) is 0 Å². The minimum absolute atomic E-state index is 0.953. The summed E-state index contributed by atoms with van der Waals surface area (Å²) in [6, 6.07) is 0. The first-order chi connectivity index (χ1) is 5.29. The molecule has 0 unspecified atom stereocenters. The van der Waals surface area contributed by atoms with Crippen LogP contribution in [0.2, 0.25) is 0 Å². The molecule has 0 aromatic heterocycles. The molecule has 1 aliphatic carbocycles. The Bertz CT molecular complexity index is 130. The second kappa shape index (κ2) is 5.36. The van der Waals surface area contributed by atoms with Gasteiger partial charge in [0.1, 0.15) is 0 Å². The summed E-state index contributed by atoms with van der Waals surface area (Å²) in [6.45, 7) is 0. The monoisotopic (exact) mass is 280 g/mol. The lowest BCUT2D eigenvalue weighted by molar-refractivity contribution is 0.361. The zero-order valence-electron chi connectivity index (χ0n) is 6.65. The highest BCUT2D eigenvalue weighted by Gasteiger charge is 2.11. The number of hydrogen-bond acceptors (Lipinski definition) is 0. The van der Waals surface area contributed by atoms with Crippen molar-refractivity contribution in [2.45, 2.75) is 38.5 Å². The van der Waals surface area contributed by atoms with Gasteiger partial charge in [0.15, 0.2) is 0 Å². The summed E-state index contributed by atoms with van der Waals surface area (Å²) in [5.41, 5.74) is 0. The van der Waals surface area contributed by atoms with E-state index in [2.05, 4.69) is 37.9 Å². The zero-order valence-corrected chi connectivity index (χ0v) is 9.83. The number of rotatable bonds is 2. The van der Waals surface area contributed by atoms with Gasteiger partial charge in [-0.1, -0.05) is 38.2 Å². The normalized spacial score (nSPS) is 19.8. The summed E-state index contributed by atoms with van der Waals surface area (Å²) in [6.07, 6.45) is 10.7. The predicted octanol–water partition coefficient (Wildman–Crippen LogP) is 4.59. The first kappa shape index (κ1) is 9.79. The van der Waals surface area contributed by atoms with Crippen LogP contribution in [0.4, 0.5) is 0 Å². The fourth-order valence-corrected chi connectivity index (χ4v) is 2.05. The van der Waals surface area contributed by atoms with Gasteiger partial charge in [-0.15, -0.1) is 0 Å². The van der Waals surface area contributed by atoms with E-state index in [9.17, 15) is 0 Å². The van der Waals surface area contributed by atoms with Crippen molar-refractivity contribution in [2.24, 2.45) is 5.92 Å². The molecular formula is C9H14Br2. The summed E-state index contributed by atoms with van der Waals surface area (Å²) < 4.78 is 1.11. The van der Waals surface area contributed by atoms with Crippen LogP contribution in [0.15, 0.2) is 9.47 Å². The van der Waals surface area contributed by atoms with E-state index in [1.807, 2.05) is 0 Å². The first-order valence-electron chi connectivity index (χ1n) is 4.30. The molecule has 0 aromatic rings. The lowest BCUT2D eigenvalue weighted by Gasteiger charge is -2.19. The molecule has 0 atom stereocenters. The Morgan fingerprint density at radius 2 is 1.82 bits per heavy atom. The standard InChI is InChI=1S/C9H14Br2/c10-9(11)7-6-8-4-2-1-3-5-8/h7-8H,1-6H2. The van der Waals surface area contributed by atoms with Crippen LogP contribution in [0.25, 0.3) is 0 Å². The van der Waals surface area contributed by atoms with Crippen LogP contribution in [-0.4, -0.2) is 0 Å². The van der Waals surface area contributed by atoms with Gasteiger partial charge < -0.3 is 0 Å². The SMILES string of the molecule is BrC(Br)=CCC1CCCCC1. The van der Waals surface area contributed by atoms with Crippen LogP contribution in [0, 0.1) is 5.92 Å². The summed E-state index contributed by atoms with van der Waals surface area (Å²) in [4.78, 5) is 0. The molecule has 0 bridgehead atoms. The van der Waals surface area contributed by atoms with Crippen LogP contribution in [0.1, 0.15) is 38.5 Å². The maximum absolute atomic E-state index is 3.38. The van der Waals surface area contributed by atoms with Gasteiger partial charge in [0.25, 0.3) is 0 Å². The fraction of sp³-hybridized carbons (Fsp3) is 0.778. The van der Waals surface area contributed by atoms with E-state index in [1.165, 1.54) is 38.5 Å². The third kappa shape index (κ3) is 4.32. The second-order valence-corrected chi connectivity index (χ2v) is 6.01. The molecule has 1 rings (SSSR count). The van der Waals surface area contributed by atoms with E-state index in [0.717, 1.165) is 9.31 Å². The average molecular weight is 282 g/mol. The number of allylic oxidation sites excluding steroid dienone is 1. The van der Waals surface area contributed by atoms with Crippen LogP contribution < -0.4 is 0 Å². The van der Waals surface area contributed by atoms with Crippen molar-refractivity contribution in [3.05, 3.63) is 9.47 Å². The summed E-state index contributed by atoms with van der Waals surface area (Å²) in [5.74, 6) is 0.953. The maximum atomic E-state index is 3.38. The number of hydrogen-bond donors (Lipinski definition) is 0. The summed E-state index contributed by atoms with van der Waals surface area (Å²) in [5, 5.41) is 0. The molecule has 0 aromatic carbocycles. The van der Waals surface area contributed by atoms with Crippen molar-refractivity contribution in [3.8, 4) is 0 Å². The van der Waals surface area contributed by atoms with Gasteiger partial charge in [0.2, 0.25) is 0 Å². The minimum Gasteiger partial charge on any atom is -0.0629 e. The Kier molecular flexibility index (Phi) is 4.77. The van der Waals surface area contributed by atoms with Crippen molar-refractivity contribution >= 4 is 31.9 Å². The van der Waals surface area contributed by atoms with Crippen LogP contribution in [0.5, 0.6) is 0 Å². The minimum atomic E-state index is 0.953. The van der Waals surface area contributed by atoms with Gasteiger partial charge >= 0.3 is 0 Å². The van der Waals surface area contributed by atoms with Crippen LogP contribution in [0.3, 0.4) is 0 Å². The Hall–Kier alpha value is 0.700. The smallest absolute Gasteiger partial charge is 0.0564 e. The second-order valence-electron chi connectivity index (χ2n) is 3.23. The molecule has 1 fully saturated rings. The molecule has 0 N–H and O–H groups in total. The van der Waals surface area contributed by atoms with Gasteiger partial charge in [-0.05, 0) is 44.2 Å². The predicted molar refractivity (Wildman–Crippen MR) is 57.1 cm³/mol. The molecule has 1 saturated carbocycles. The van der Waals surface area contributed by atoms with Crippen molar-refractivity contribution in [3.63, 3.8) is 0 Å². The molecule has 0 radical (unpaired) electrons. The molecule has 11 heavy (non-hydrogen) atoms. The van der Waals surface area contributed by atoms with Gasteiger partial charge in [-0.3, -0.25) is 0 Å². The number of halogens is 2. The van der Waals surface area contributed by atoms with Gasteiger partial charge in [-0.25, -0.2) is 0 Å². The zero-order chi connectivity index (χ0) is 8.10. The lowest BCUT2D eigenvalue weighted by atomic mass is 9.87. The van der Waals surface area contributed by atoms with Gasteiger partial charge in [-0.2, -0.15) is 0 Å². The van der Waals surface area contributed by atoms with Gasteiger partial charge in [0, 0.05) is 0 Å². The third-order valence-corrected chi connectivity index (χ3v) is 2.98. The Morgan fingerprint density at radius 1 is 1.18 bits per heavy atom. The summed E-state index contributed by atoms with van der Waals surface area (Å²) in [7, 11) is 0. The molecule has 0 amide bonds. The molecule has 0 spiro atoms. The Balaban J connectivity index is 2.19. The van der Waals surface area contributed by atoms with Crippen molar-refractivity contribution < 1.29 is 0 Å². The van der Waals surface area contributed by atoms with Crippen molar-refractivity contribution in [2.75, 3.05) is 0 Å². The van der Waals surface area contributed by atoms with E-state index in [1.54, 1.807) is 0 Å². The Morgan fingerprint density at radius 3 is 2.36 bits per heavy atom. The molecule has 0 nitrogen and oxygen atoms in total. The molecular weight excluding hydrogens is 268 g/mol. The highest BCUT2D eigenvalue weighted by Crippen LogP contribution is 2.28. The van der Waals surface area contributed by atoms with Crippen LogP contribution >= 0.6 is 31.9 Å². The summed E-state index contributed by atoms with van der Waals surface area (Å²) >= 11 is 6.76. The molecule has 0 heterocycles. The van der Waals surface area contributed by atoms with E-state index in [4.69, 9.17) is 0 Å². The largest absolute Gasteiger partial charge is 0.0629 e. The van der Waals surface area contributed by atoms with E-state index < -0.39 is 0 Å². The molecule has 2 heteroatoms. The quantitative estimate of drug-likeness (QED) is 0.695. The highest BCUT2D eigenvalue weighted by molar-refractivity contribution is 9.28. The molecule has 0 aliphatic heterocycles. The lowest BCUT2D eigenvalue weighted by Crippen LogP contribution is -2.04. The highest BCUT2D eigenvalue weighted by atomic mass is 79.9. The fourth-order valence-electron chi connectivity index (χ4n) is 1.68. The maximum Gasteiger partial charge on any atom is 0.0564 e. The first-order valence-corrected chi connectivity index (χ1v) is 5.89. The van der Waals surface area contributed by atoms with Crippen molar-refractivity contribution in [1.29, 1.82) is 0 Å². The Labute approximate surface area is 85.7 Å². The molecule has 64 valence electrons. The van der Waals surface area contributed by atoms with E-state index in [0.29, 0.717) is 0 Å². The van der Waals surface area contributed by atoms with E-state index >= 15 is 0 Å². The molecule has 0 saturated heterocycles. The third-order valence-electron chi connectivity index (χ3n) is 2.33. The van der Waals surface area contributed by atoms with Gasteiger partial charge in [0.05, 0.1) is 3.39 Å². The topological polar surface area (TPSA) is 0 Å². The van der Waals surface area contributed by atoms with E-state index in [-0.39, 0.29) is 0 Å².